The van der Waals surface area contributed by atoms with Gasteiger partial charge in [-0.2, -0.15) is 0 Å². The topological polar surface area (TPSA) is 58.7 Å². The fraction of sp³-hybridized carbons (Fsp3) is 0.600. The molecule has 4 heteroatoms. The Labute approximate surface area is 115 Å². The van der Waals surface area contributed by atoms with Crippen LogP contribution in [0, 0.1) is 5.92 Å². The van der Waals surface area contributed by atoms with Crippen LogP contribution in [-0.4, -0.2) is 42.9 Å². The van der Waals surface area contributed by atoms with Crippen LogP contribution in [0.1, 0.15) is 18.4 Å². The smallest absolute Gasteiger partial charge is 0.123 e. The summed E-state index contributed by atoms with van der Waals surface area (Å²) < 4.78 is 5.81. The molecule has 1 aliphatic heterocycles. The first kappa shape index (κ1) is 14.3. The maximum Gasteiger partial charge on any atom is 0.123 e. The minimum atomic E-state index is 0.328. The Bertz CT molecular complexity index is 376. The van der Waals surface area contributed by atoms with Crippen molar-refractivity contribution in [3.8, 4) is 5.75 Å². The second kappa shape index (κ2) is 7.48. The van der Waals surface area contributed by atoms with Crippen LogP contribution in [0.4, 0.5) is 0 Å². The van der Waals surface area contributed by atoms with E-state index in [1.807, 2.05) is 24.3 Å². The van der Waals surface area contributed by atoms with Crippen LogP contribution >= 0.6 is 0 Å². The summed E-state index contributed by atoms with van der Waals surface area (Å²) in [5.74, 6) is 1.39. The first-order valence-corrected chi connectivity index (χ1v) is 7.07. The van der Waals surface area contributed by atoms with Crippen LogP contribution in [0.3, 0.4) is 0 Å². The lowest BCUT2D eigenvalue weighted by Crippen LogP contribution is -2.37. The number of likely N-dealkylation sites (tertiary alicyclic amines) is 1. The largest absolute Gasteiger partial charge is 0.492 e. The summed E-state index contributed by atoms with van der Waals surface area (Å²) in [6.07, 6.45) is 2.19. The van der Waals surface area contributed by atoms with Gasteiger partial charge in [0.2, 0.25) is 0 Å². The van der Waals surface area contributed by atoms with Crippen molar-refractivity contribution in [2.45, 2.75) is 19.4 Å². The van der Waals surface area contributed by atoms with Crippen molar-refractivity contribution in [1.29, 1.82) is 0 Å². The van der Waals surface area contributed by atoms with E-state index >= 15 is 0 Å². The van der Waals surface area contributed by atoms with Crippen LogP contribution < -0.4 is 10.5 Å². The zero-order valence-electron chi connectivity index (χ0n) is 11.4. The number of nitrogens with two attached hydrogens (primary N) is 1. The lowest BCUT2D eigenvalue weighted by atomic mass is 9.98. The van der Waals surface area contributed by atoms with Crippen LogP contribution in [-0.2, 0) is 6.54 Å². The highest BCUT2D eigenvalue weighted by Crippen LogP contribution is 2.18. The molecule has 0 unspecified atom stereocenters. The summed E-state index contributed by atoms with van der Waals surface area (Å²) in [4.78, 5) is 2.40. The number of aliphatic hydroxyl groups is 1. The van der Waals surface area contributed by atoms with E-state index in [2.05, 4.69) is 4.90 Å². The van der Waals surface area contributed by atoms with Crippen molar-refractivity contribution >= 4 is 0 Å². The van der Waals surface area contributed by atoms with Crippen molar-refractivity contribution in [3.05, 3.63) is 29.8 Å². The van der Waals surface area contributed by atoms with Gasteiger partial charge in [-0.15, -0.1) is 0 Å². The summed E-state index contributed by atoms with van der Waals surface area (Å²) >= 11 is 0. The van der Waals surface area contributed by atoms with E-state index in [1.165, 1.54) is 0 Å². The molecule has 0 radical (unpaired) electrons. The summed E-state index contributed by atoms with van der Waals surface area (Å²) in [7, 11) is 0. The van der Waals surface area contributed by atoms with Gasteiger partial charge in [0.15, 0.2) is 0 Å². The molecule has 4 nitrogen and oxygen atoms in total. The van der Waals surface area contributed by atoms with E-state index in [1.54, 1.807) is 0 Å². The Balaban J connectivity index is 1.72. The quantitative estimate of drug-likeness (QED) is 0.811. The SMILES string of the molecule is NCc1ccccc1OCCN1CCC(CO)CC1. The molecule has 1 aliphatic rings. The maximum atomic E-state index is 9.10. The molecule has 1 heterocycles. The Morgan fingerprint density at radius 1 is 1.26 bits per heavy atom. The number of hydrogen-bond acceptors (Lipinski definition) is 4. The molecule has 106 valence electrons. The highest BCUT2D eigenvalue weighted by atomic mass is 16.5. The summed E-state index contributed by atoms with van der Waals surface area (Å²) in [6.45, 7) is 4.60. The molecule has 0 saturated carbocycles. The third-order valence-electron chi connectivity index (χ3n) is 3.82. The molecule has 0 aliphatic carbocycles. The molecule has 0 bridgehead atoms. The average Bonchev–Trinajstić information content (AvgIpc) is 2.48. The van der Waals surface area contributed by atoms with E-state index in [9.17, 15) is 0 Å². The van der Waals surface area contributed by atoms with Crippen molar-refractivity contribution in [3.63, 3.8) is 0 Å². The number of aliphatic hydroxyl groups excluding tert-OH is 1. The molecule has 1 saturated heterocycles. The molecule has 0 spiro atoms. The lowest BCUT2D eigenvalue weighted by molar-refractivity contribution is 0.118. The molecule has 0 amide bonds. The van der Waals surface area contributed by atoms with Gasteiger partial charge in [-0.3, -0.25) is 4.90 Å². The monoisotopic (exact) mass is 264 g/mol. The number of para-hydroxylation sites is 1. The van der Waals surface area contributed by atoms with Crippen LogP contribution in [0.25, 0.3) is 0 Å². The lowest BCUT2D eigenvalue weighted by Gasteiger charge is -2.30. The van der Waals surface area contributed by atoms with E-state index in [0.29, 0.717) is 25.7 Å². The molecule has 1 aromatic rings. The Kier molecular flexibility index (Phi) is 5.63. The van der Waals surface area contributed by atoms with E-state index in [-0.39, 0.29) is 0 Å². The molecule has 19 heavy (non-hydrogen) atoms. The number of rotatable bonds is 6. The molecule has 0 atom stereocenters. The third-order valence-corrected chi connectivity index (χ3v) is 3.82. The standard InChI is InChI=1S/C15H24N2O2/c16-11-14-3-1-2-4-15(14)19-10-9-17-7-5-13(12-18)6-8-17/h1-4,13,18H,5-12,16H2. The van der Waals surface area contributed by atoms with Gasteiger partial charge in [0.25, 0.3) is 0 Å². The minimum absolute atomic E-state index is 0.328. The van der Waals surface area contributed by atoms with Gasteiger partial charge in [-0.1, -0.05) is 18.2 Å². The van der Waals surface area contributed by atoms with Gasteiger partial charge in [-0.25, -0.2) is 0 Å². The maximum absolute atomic E-state index is 9.10. The molecule has 1 fully saturated rings. The van der Waals surface area contributed by atoms with Gasteiger partial charge in [0.1, 0.15) is 12.4 Å². The fourth-order valence-electron chi connectivity index (χ4n) is 2.49. The second-order valence-electron chi connectivity index (χ2n) is 5.13. The zero-order valence-corrected chi connectivity index (χ0v) is 11.4. The summed E-state index contributed by atoms with van der Waals surface area (Å²) in [5, 5.41) is 9.10. The summed E-state index contributed by atoms with van der Waals surface area (Å²) in [6, 6.07) is 7.93. The zero-order chi connectivity index (χ0) is 13.5. The Morgan fingerprint density at radius 3 is 2.68 bits per heavy atom. The van der Waals surface area contributed by atoms with Gasteiger partial charge >= 0.3 is 0 Å². The van der Waals surface area contributed by atoms with Crippen LogP contribution in [0.5, 0.6) is 5.75 Å². The second-order valence-corrected chi connectivity index (χ2v) is 5.13. The minimum Gasteiger partial charge on any atom is -0.492 e. The molecule has 2 rings (SSSR count). The number of benzene rings is 1. The molecule has 0 aromatic heterocycles. The van der Waals surface area contributed by atoms with Gasteiger partial charge in [0, 0.05) is 25.3 Å². The molecule has 3 N–H and O–H groups in total. The third kappa shape index (κ3) is 4.20. The van der Waals surface area contributed by atoms with E-state index in [4.69, 9.17) is 15.6 Å². The Morgan fingerprint density at radius 2 is 2.00 bits per heavy atom. The van der Waals surface area contributed by atoms with Crippen molar-refractivity contribution in [2.24, 2.45) is 11.7 Å². The highest BCUT2D eigenvalue weighted by molar-refractivity contribution is 5.32. The normalized spacial score (nSPS) is 17.6. The average molecular weight is 264 g/mol. The van der Waals surface area contributed by atoms with Crippen molar-refractivity contribution in [2.75, 3.05) is 32.8 Å². The number of ether oxygens (including phenoxy) is 1. The van der Waals surface area contributed by atoms with Gasteiger partial charge in [0.05, 0.1) is 0 Å². The number of piperidine rings is 1. The van der Waals surface area contributed by atoms with Gasteiger partial charge < -0.3 is 15.6 Å². The van der Waals surface area contributed by atoms with E-state index < -0.39 is 0 Å². The first-order chi connectivity index (χ1) is 9.33. The molecule has 1 aromatic carbocycles. The predicted octanol–water partition coefficient (Wildman–Crippen LogP) is 1.23. The Hall–Kier alpha value is -1.10. The van der Waals surface area contributed by atoms with Crippen LogP contribution in [0.15, 0.2) is 24.3 Å². The number of nitrogens with zero attached hydrogens (tertiary/aromatic N) is 1. The molecular formula is C15H24N2O2. The van der Waals surface area contributed by atoms with Gasteiger partial charge in [-0.05, 0) is 37.9 Å². The predicted molar refractivity (Wildman–Crippen MR) is 76.1 cm³/mol. The highest BCUT2D eigenvalue weighted by Gasteiger charge is 2.18. The fourth-order valence-corrected chi connectivity index (χ4v) is 2.49. The van der Waals surface area contributed by atoms with Crippen molar-refractivity contribution in [1.82, 2.24) is 4.90 Å². The number of hydrogen-bond donors (Lipinski definition) is 2. The van der Waals surface area contributed by atoms with Crippen LogP contribution in [0.2, 0.25) is 0 Å². The first-order valence-electron chi connectivity index (χ1n) is 7.07. The van der Waals surface area contributed by atoms with E-state index in [0.717, 1.165) is 43.8 Å². The molecular weight excluding hydrogens is 240 g/mol. The van der Waals surface area contributed by atoms with Crippen molar-refractivity contribution < 1.29 is 9.84 Å². The summed E-state index contributed by atoms with van der Waals surface area (Å²) in [5.41, 5.74) is 6.74.